The van der Waals surface area contributed by atoms with Crippen molar-refractivity contribution < 1.29 is 4.79 Å². The minimum Gasteiger partial charge on any atom is -0.322 e. The maximum Gasteiger partial charge on any atom is 0.261 e. The van der Waals surface area contributed by atoms with Crippen LogP contribution in [0.15, 0.2) is 54.9 Å². The molecular weight excluding hydrogens is 240 g/mol. The monoisotopic (exact) mass is 256 g/mol. The summed E-state index contributed by atoms with van der Waals surface area (Å²) in [4.78, 5) is 15.9. The lowest BCUT2D eigenvalue weighted by atomic mass is 10.2. The van der Waals surface area contributed by atoms with Crippen molar-refractivity contribution in [3.8, 4) is 0 Å². The SMILES string of the molecule is C=CC/C=C(/C=C)NC(=O)c1cnn(C=C)c1N=C. The topological polar surface area (TPSA) is 59.3 Å². The van der Waals surface area contributed by atoms with Gasteiger partial charge in [-0.2, -0.15) is 5.10 Å². The summed E-state index contributed by atoms with van der Waals surface area (Å²) in [6.45, 7) is 14.2. The molecule has 0 unspecified atom stereocenters. The summed E-state index contributed by atoms with van der Waals surface area (Å²) in [6, 6.07) is 0. The number of carbonyl (C=O) groups is 1. The van der Waals surface area contributed by atoms with Gasteiger partial charge in [-0.05, 0) is 19.2 Å². The average molecular weight is 256 g/mol. The predicted molar refractivity (Wildman–Crippen MR) is 78.4 cm³/mol. The number of aromatic nitrogens is 2. The van der Waals surface area contributed by atoms with Gasteiger partial charge in [0.15, 0.2) is 5.82 Å². The van der Waals surface area contributed by atoms with E-state index in [1.807, 2.05) is 0 Å². The molecule has 0 aliphatic heterocycles. The molecule has 0 radical (unpaired) electrons. The van der Waals surface area contributed by atoms with E-state index in [-0.39, 0.29) is 5.91 Å². The summed E-state index contributed by atoms with van der Waals surface area (Å²) in [7, 11) is 0. The summed E-state index contributed by atoms with van der Waals surface area (Å²) < 4.78 is 1.38. The van der Waals surface area contributed by atoms with E-state index in [1.54, 1.807) is 18.2 Å². The fourth-order valence-corrected chi connectivity index (χ4v) is 1.40. The van der Waals surface area contributed by atoms with E-state index in [2.05, 4.69) is 41.9 Å². The summed E-state index contributed by atoms with van der Waals surface area (Å²) in [5, 5.41) is 6.68. The lowest BCUT2D eigenvalue weighted by molar-refractivity contribution is 0.0968. The molecule has 19 heavy (non-hydrogen) atoms. The maximum atomic E-state index is 12.1. The zero-order valence-electron chi connectivity index (χ0n) is 10.7. The first-order chi connectivity index (χ1) is 9.17. The van der Waals surface area contributed by atoms with E-state index in [0.29, 0.717) is 23.5 Å². The van der Waals surface area contributed by atoms with E-state index < -0.39 is 0 Å². The van der Waals surface area contributed by atoms with Crippen molar-refractivity contribution in [3.05, 3.63) is 55.4 Å². The smallest absolute Gasteiger partial charge is 0.261 e. The number of nitrogens with zero attached hydrogens (tertiary/aromatic N) is 3. The number of nitrogens with one attached hydrogen (secondary N) is 1. The molecule has 0 spiro atoms. The van der Waals surface area contributed by atoms with Gasteiger partial charge in [-0.25, -0.2) is 9.67 Å². The first-order valence-electron chi connectivity index (χ1n) is 5.59. The molecule has 98 valence electrons. The molecule has 0 aliphatic rings. The average Bonchev–Trinajstić information content (AvgIpc) is 2.85. The fraction of sp³-hybridized carbons (Fsp3) is 0.0714. The van der Waals surface area contributed by atoms with Crippen LogP contribution in [0, 0.1) is 0 Å². The molecular formula is C14H16N4O. The molecule has 5 heteroatoms. The Hall–Kier alpha value is -2.69. The van der Waals surface area contributed by atoms with Crippen LogP contribution in [0.3, 0.4) is 0 Å². The third-order valence-electron chi connectivity index (χ3n) is 2.32. The summed E-state index contributed by atoms with van der Waals surface area (Å²) in [5.74, 6) is 0.0188. The summed E-state index contributed by atoms with van der Waals surface area (Å²) >= 11 is 0. The van der Waals surface area contributed by atoms with Gasteiger partial charge in [0.05, 0.1) is 6.20 Å². The largest absolute Gasteiger partial charge is 0.322 e. The van der Waals surface area contributed by atoms with E-state index in [0.717, 1.165) is 0 Å². The Labute approximate surface area is 112 Å². The zero-order valence-corrected chi connectivity index (χ0v) is 10.7. The second-order valence-corrected chi connectivity index (χ2v) is 3.51. The minimum absolute atomic E-state index is 0.321. The van der Waals surface area contributed by atoms with Gasteiger partial charge in [0, 0.05) is 11.9 Å². The molecule has 1 heterocycles. The number of carbonyl (C=O) groups excluding carboxylic acids is 1. The van der Waals surface area contributed by atoms with Crippen LogP contribution in [0.2, 0.25) is 0 Å². The van der Waals surface area contributed by atoms with Crippen molar-refractivity contribution in [3.63, 3.8) is 0 Å². The Kier molecular flexibility index (Phi) is 5.22. The molecule has 5 nitrogen and oxygen atoms in total. The van der Waals surface area contributed by atoms with Crippen LogP contribution in [0.4, 0.5) is 5.82 Å². The van der Waals surface area contributed by atoms with Crippen LogP contribution in [-0.2, 0) is 0 Å². The molecule has 1 amide bonds. The Morgan fingerprint density at radius 1 is 1.47 bits per heavy atom. The van der Waals surface area contributed by atoms with Gasteiger partial charge >= 0.3 is 0 Å². The lowest BCUT2D eigenvalue weighted by Gasteiger charge is -2.05. The van der Waals surface area contributed by atoms with Gasteiger partial charge in [-0.3, -0.25) is 4.79 Å². The van der Waals surface area contributed by atoms with Gasteiger partial charge < -0.3 is 5.32 Å². The second kappa shape index (κ2) is 6.90. The van der Waals surface area contributed by atoms with E-state index >= 15 is 0 Å². The molecule has 0 aliphatic carbocycles. The van der Waals surface area contributed by atoms with E-state index in [9.17, 15) is 4.79 Å². The highest BCUT2D eigenvalue weighted by Gasteiger charge is 2.15. The molecule has 0 atom stereocenters. The molecule has 1 aromatic rings. The Morgan fingerprint density at radius 3 is 2.74 bits per heavy atom. The Bertz CT molecular complexity index is 552. The fourth-order valence-electron chi connectivity index (χ4n) is 1.40. The molecule has 0 saturated carbocycles. The van der Waals surface area contributed by atoms with Crippen molar-refractivity contribution in [1.29, 1.82) is 0 Å². The number of hydrogen-bond donors (Lipinski definition) is 1. The molecule has 0 aromatic carbocycles. The van der Waals surface area contributed by atoms with Crippen LogP contribution in [0.5, 0.6) is 0 Å². The maximum absolute atomic E-state index is 12.1. The van der Waals surface area contributed by atoms with Gasteiger partial charge in [-0.15, -0.1) is 6.58 Å². The van der Waals surface area contributed by atoms with Crippen molar-refractivity contribution >= 4 is 24.6 Å². The van der Waals surface area contributed by atoms with Crippen LogP contribution < -0.4 is 5.32 Å². The highest BCUT2D eigenvalue weighted by atomic mass is 16.1. The number of rotatable bonds is 7. The van der Waals surface area contributed by atoms with Crippen molar-refractivity contribution in [1.82, 2.24) is 15.1 Å². The normalized spacial score (nSPS) is 10.6. The molecule has 0 bridgehead atoms. The van der Waals surface area contributed by atoms with Crippen molar-refractivity contribution in [2.45, 2.75) is 6.42 Å². The van der Waals surface area contributed by atoms with Crippen LogP contribution in [0.25, 0.3) is 6.20 Å². The quantitative estimate of drug-likeness (QED) is 0.463. The zero-order chi connectivity index (χ0) is 14.3. The second-order valence-electron chi connectivity index (χ2n) is 3.51. The molecule has 0 fully saturated rings. The van der Waals surface area contributed by atoms with Gasteiger partial charge in [0.2, 0.25) is 0 Å². The van der Waals surface area contributed by atoms with Crippen LogP contribution in [-0.4, -0.2) is 22.4 Å². The predicted octanol–water partition coefficient (Wildman–Crippen LogP) is 2.69. The van der Waals surface area contributed by atoms with Crippen LogP contribution >= 0.6 is 0 Å². The molecule has 0 saturated heterocycles. The molecule has 1 aromatic heterocycles. The molecule has 1 N–H and O–H groups in total. The number of amides is 1. The van der Waals surface area contributed by atoms with Gasteiger partial charge in [-0.1, -0.05) is 25.3 Å². The standard InChI is InChI=1S/C14H16N4O/c1-5-8-9-11(6-2)17-14(19)12-10-16-18(7-3)13(12)15-4/h5-7,9-10H,1-4,8H2,(H,17,19)/b11-9-. The molecule has 1 rings (SSSR count). The number of aliphatic imine (C=N–C) groups is 1. The van der Waals surface area contributed by atoms with Gasteiger partial charge in [0.1, 0.15) is 5.56 Å². The van der Waals surface area contributed by atoms with Crippen molar-refractivity contribution in [2.75, 3.05) is 0 Å². The number of hydrogen-bond acceptors (Lipinski definition) is 3. The third kappa shape index (κ3) is 3.38. The highest BCUT2D eigenvalue weighted by Crippen LogP contribution is 2.18. The van der Waals surface area contributed by atoms with Gasteiger partial charge in [0.25, 0.3) is 5.91 Å². The number of allylic oxidation sites excluding steroid dienone is 3. The first-order valence-corrected chi connectivity index (χ1v) is 5.59. The minimum atomic E-state index is -0.328. The van der Waals surface area contributed by atoms with E-state index in [4.69, 9.17) is 0 Å². The Morgan fingerprint density at radius 2 is 2.21 bits per heavy atom. The van der Waals surface area contributed by atoms with E-state index in [1.165, 1.54) is 17.1 Å². The summed E-state index contributed by atoms with van der Waals surface area (Å²) in [6.07, 6.45) is 8.58. The summed E-state index contributed by atoms with van der Waals surface area (Å²) in [5.41, 5.74) is 0.924. The Balaban J connectivity index is 2.97. The first kappa shape index (κ1) is 14.4. The lowest BCUT2D eigenvalue weighted by Crippen LogP contribution is -2.21. The van der Waals surface area contributed by atoms with Crippen LogP contribution in [0.1, 0.15) is 16.8 Å². The van der Waals surface area contributed by atoms with Crippen molar-refractivity contribution in [2.24, 2.45) is 4.99 Å². The highest BCUT2D eigenvalue weighted by molar-refractivity contribution is 5.99. The third-order valence-corrected chi connectivity index (χ3v) is 2.32.